The lowest BCUT2D eigenvalue weighted by atomic mass is 10.0. The largest absolute Gasteiger partial charge is 0.372 e. The second-order valence-electron chi connectivity index (χ2n) is 7.99. The molecule has 6 nitrogen and oxygen atoms in total. The van der Waals surface area contributed by atoms with Gasteiger partial charge in [0.1, 0.15) is 6.54 Å². The van der Waals surface area contributed by atoms with Gasteiger partial charge >= 0.3 is 0 Å². The first kappa shape index (κ1) is 22.5. The van der Waals surface area contributed by atoms with Crippen molar-refractivity contribution in [2.75, 3.05) is 31.1 Å². The molecule has 0 aromatic heterocycles. The van der Waals surface area contributed by atoms with Gasteiger partial charge in [0.25, 0.3) is 0 Å². The molecule has 1 heterocycles. The van der Waals surface area contributed by atoms with E-state index >= 15 is 0 Å². The first-order chi connectivity index (χ1) is 15.0. The number of carbonyl (C=O) groups excluding carboxylic acids is 2. The molecule has 0 unspecified atom stereocenters. The summed E-state index contributed by atoms with van der Waals surface area (Å²) in [7, 11) is 0. The number of carbonyl (C=O) groups is 2. The van der Waals surface area contributed by atoms with Gasteiger partial charge in [0, 0.05) is 38.2 Å². The van der Waals surface area contributed by atoms with E-state index in [1.165, 1.54) is 21.8 Å². The molecule has 2 aromatic carbocycles. The summed E-state index contributed by atoms with van der Waals surface area (Å²) in [6.45, 7) is 8.56. The van der Waals surface area contributed by atoms with Gasteiger partial charge in [0.2, 0.25) is 11.8 Å². The fourth-order valence-electron chi connectivity index (χ4n) is 3.66. The maximum Gasteiger partial charge on any atom is 0.243 e. The van der Waals surface area contributed by atoms with Crippen LogP contribution < -0.4 is 10.2 Å². The van der Waals surface area contributed by atoms with Crippen molar-refractivity contribution in [3.63, 3.8) is 0 Å². The first-order valence-corrected chi connectivity index (χ1v) is 11.0. The molecule has 0 saturated carbocycles. The van der Waals surface area contributed by atoms with Crippen molar-refractivity contribution in [1.82, 2.24) is 10.3 Å². The summed E-state index contributed by atoms with van der Waals surface area (Å²) in [4.78, 5) is 26.9. The summed E-state index contributed by atoms with van der Waals surface area (Å²) in [6, 6.07) is 16.5. The van der Waals surface area contributed by atoms with Gasteiger partial charge in [-0.05, 0) is 50.5 Å². The zero-order valence-electron chi connectivity index (χ0n) is 18.7. The van der Waals surface area contributed by atoms with E-state index < -0.39 is 0 Å². The predicted octanol–water partition coefficient (Wildman–Crippen LogP) is 3.66. The third kappa shape index (κ3) is 6.41. The SMILES string of the molecule is CCN(CCCNC(=O)CN1N=C(c2ccc(C)cc2)CCC1=O)c1cccc(C)c1. The summed E-state index contributed by atoms with van der Waals surface area (Å²) in [5.74, 6) is -0.288. The van der Waals surface area contributed by atoms with Gasteiger partial charge in [0.15, 0.2) is 0 Å². The van der Waals surface area contributed by atoms with Crippen LogP contribution in [0.5, 0.6) is 0 Å². The van der Waals surface area contributed by atoms with E-state index in [2.05, 4.69) is 53.4 Å². The van der Waals surface area contributed by atoms with E-state index in [0.29, 0.717) is 19.4 Å². The molecule has 0 aliphatic carbocycles. The smallest absolute Gasteiger partial charge is 0.243 e. The van der Waals surface area contributed by atoms with Crippen LogP contribution in [-0.2, 0) is 9.59 Å². The molecule has 2 aromatic rings. The molecule has 1 N–H and O–H groups in total. The second-order valence-corrected chi connectivity index (χ2v) is 7.99. The zero-order chi connectivity index (χ0) is 22.2. The predicted molar refractivity (Wildman–Crippen MR) is 125 cm³/mol. The van der Waals surface area contributed by atoms with Crippen LogP contribution in [0.2, 0.25) is 0 Å². The number of benzene rings is 2. The van der Waals surface area contributed by atoms with Crippen molar-refractivity contribution in [3.05, 3.63) is 65.2 Å². The first-order valence-electron chi connectivity index (χ1n) is 11.0. The molecule has 0 atom stereocenters. The maximum absolute atomic E-state index is 12.4. The number of hydrazone groups is 1. The van der Waals surface area contributed by atoms with Gasteiger partial charge in [-0.25, -0.2) is 5.01 Å². The highest BCUT2D eigenvalue weighted by atomic mass is 16.2. The fraction of sp³-hybridized carbons (Fsp3) is 0.400. The van der Waals surface area contributed by atoms with Crippen LogP contribution in [0.3, 0.4) is 0 Å². The van der Waals surface area contributed by atoms with E-state index in [1.54, 1.807) is 0 Å². The van der Waals surface area contributed by atoms with E-state index in [9.17, 15) is 9.59 Å². The molecule has 0 fully saturated rings. The molecule has 0 bridgehead atoms. The molecule has 2 amide bonds. The van der Waals surface area contributed by atoms with Crippen LogP contribution in [-0.4, -0.2) is 48.7 Å². The standard InChI is InChI=1S/C25H32N4O2/c1-4-28(22-8-5-7-20(3)17-22)16-6-15-26-24(30)18-29-25(31)14-13-23(27-29)21-11-9-19(2)10-12-21/h5,7-12,17H,4,6,13-16,18H2,1-3H3,(H,26,30). The summed E-state index contributed by atoms with van der Waals surface area (Å²) < 4.78 is 0. The summed E-state index contributed by atoms with van der Waals surface area (Å²) in [5.41, 5.74) is 5.46. The highest BCUT2D eigenvalue weighted by molar-refractivity contribution is 6.04. The quantitative estimate of drug-likeness (QED) is 0.630. The van der Waals surface area contributed by atoms with Gasteiger partial charge in [-0.2, -0.15) is 5.10 Å². The number of hydrogen-bond donors (Lipinski definition) is 1. The van der Waals surface area contributed by atoms with Crippen molar-refractivity contribution in [2.24, 2.45) is 5.10 Å². The normalized spacial score (nSPS) is 13.7. The Morgan fingerprint density at radius 3 is 2.58 bits per heavy atom. The Morgan fingerprint density at radius 2 is 1.87 bits per heavy atom. The lowest BCUT2D eigenvalue weighted by Gasteiger charge is -2.24. The van der Waals surface area contributed by atoms with Gasteiger partial charge in [-0.1, -0.05) is 42.0 Å². The van der Waals surface area contributed by atoms with E-state index in [-0.39, 0.29) is 18.4 Å². The number of hydrogen-bond acceptors (Lipinski definition) is 4. The molecule has 0 spiro atoms. The molecular formula is C25H32N4O2. The molecule has 3 rings (SSSR count). The van der Waals surface area contributed by atoms with Crippen molar-refractivity contribution in [3.8, 4) is 0 Å². The molecule has 164 valence electrons. The molecular weight excluding hydrogens is 388 g/mol. The van der Waals surface area contributed by atoms with Crippen LogP contribution in [0.4, 0.5) is 5.69 Å². The topological polar surface area (TPSA) is 65.0 Å². The molecule has 6 heteroatoms. The Hall–Kier alpha value is -3.15. The van der Waals surface area contributed by atoms with Crippen LogP contribution >= 0.6 is 0 Å². The lowest BCUT2D eigenvalue weighted by molar-refractivity contribution is -0.136. The summed E-state index contributed by atoms with van der Waals surface area (Å²) >= 11 is 0. The average Bonchev–Trinajstić information content (AvgIpc) is 2.76. The van der Waals surface area contributed by atoms with Crippen molar-refractivity contribution >= 4 is 23.2 Å². The van der Waals surface area contributed by atoms with E-state index in [1.807, 2.05) is 31.2 Å². The molecule has 1 aliphatic rings. The van der Waals surface area contributed by atoms with Crippen molar-refractivity contribution in [1.29, 1.82) is 0 Å². The Morgan fingerprint density at radius 1 is 1.10 bits per heavy atom. The number of nitrogens with zero attached hydrogens (tertiary/aromatic N) is 3. The highest BCUT2D eigenvalue weighted by Crippen LogP contribution is 2.17. The van der Waals surface area contributed by atoms with Crippen molar-refractivity contribution in [2.45, 2.75) is 40.0 Å². The zero-order valence-corrected chi connectivity index (χ0v) is 18.7. The Bertz CT molecular complexity index is 937. The maximum atomic E-state index is 12.4. The van der Waals surface area contributed by atoms with Crippen LogP contribution in [0.1, 0.15) is 42.9 Å². The molecule has 0 radical (unpaired) electrons. The average molecular weight is 421 g/mol. The van der Waals surface area contributed by atoms with E-state index in [4.69, 9.17) is 0 Å². The minimum Gasteiger partial charge on any atom is -0.372 e. The van der Waals surface area contributed by atoms with Crippen LogP contribution in [0, 0.1) is 13.8 Å². The van der Waals surface area contributed by atoms with Gasteiger partial charge < -0.3 is 10.2 Å². The minimum absolute atomic E-state index is 0.0381. The van der Waals surface area contributed by atoms with Gasteiger partial charge in [0.05, 0.1) is 5.71 Å². The number of aryl methyl sites for hydroxylation is 2. The third-order valence-electron chi connectivity index (χ3n) is 5.46. The Balaban J connectivity index is 1.48. The van der Waals surface area contributed by atoms with Crippen LogP contribution in [0.25, 0.3) is 0 Å². The van der Waals surface area contributed by atoms with Gasteiger partial charge in [-0.3, -0.25) is 9.59 Å². The third-order valence-corrected chi connectivity index (χ3v) is 5.46. The molecule has 0 saturated heterocycles. The Labute approximate surface area is 184 Å². The minimum atomic E-state index is -0.180. The second kappa shape index (κ2) is 10.8. The molecule has 1 aliphatic heterocycles. The Kier molecular flexibility index (Phi) is 7.82. The molecule has 31 heavy (non-hydrogen) atoms. The lowest BCUT2D eigenvalue weighted by Crippen LogP contribution is -2.41. The monoisotopic (exact) mass is 420 g/mol. The number of anilines is 1. The van der Waals surface area contributed by atoms with Crippen LogP contribution in [0.15, 0.2) is 53.6 Å². The van der Waals surface area contributed by atoms with Gasteiger partial charge in [-0.15, -0.1) is 0 Å². The highest BCUT2D eigenvalue weighted by Gasteiger charge is 2.23. The fourth-order valence-corrected chi connectivity index (χ4v) is 3.66. The summed E-state index contributed by atoms with van der Waals surface area (Å²) in [6.07, 6.45) is 1.81. The summed E-state index contributed by atoms with van der Waals surface area (Å²) in [5, 5.41) is 8.68. The number of rotatable bonds is 9. The number of nitrogens with one attached hydrogen (secondary N) is 1. The van der Waals surface area contributed by atoms with E-state index in [0.717, 1.165) is 30.8 Å². The van der Waals surface area contributed by atoms with Crippen molar-refractivity contribution < 1.29 is 9.59 Å². The number of amides is 2.